The van der Waals surface area contributed by atoms with Crippen molar-refractivity contribution >= 4 is 15.6 Å². The van der Waals surface area contributed by atoms with Gasteiger partial charge in [-0.05, 0) is 41.5 Å². The van der Waals surface area contributed by atoms with Crippen molar-refractivity contribution in [3.05, 3.63) is 93.4 Å². The molecule has 3 rings (SSSR count). The third-order valence-corrected chi connectivity index (χ3v) is 6.38. The van der Waals surface area contributed by atoms with Crippen molar-refractivity contribution in [3.63, 3.8) is 0 Å². The zero-order valence-electron chi connectivity index (χ0n) is 16.4. The molecule has 3 aromatic rings. The standard InChI is InChI=1S/C22H19F2NO4S/c1-3-30(28,29)13-14-4-9-17(22(27)15-5-7-16(23)8-6-15)18(10-14)19-12-25(2)21(26)11-20(19)24/h4-12H,3,13H2,1-2H3. The predicted octanol–water partition coefficient (Wildman–Crippen LogP) is 3.50. The fourth-order valence-corrected chi connectivity index (χ4v) is 3.91. The van der Waals surface area contributed by atoms with Gasteiger partial charge in [0, 0.05) is 41.8 Å². The number of hydrogen-bond acceptors (Lipinski definition) is 4. The number of aryl methyl sites for hydroxylation is 1. The Balaban J connectivity index is 2.22. The molecule has 0 aliphatic rings. The summed E-state index contributed by atoms with van der Waals surface area (Å²) < 4.78 is 53.1. The molecule has 8 heteroatoms. The van der Waals surface area contributed by atoms with E-state index in [9.17, 15) is 26.8 Å². The Bertz CT molecular complexity index is 1280. The number of nitrogens with zero attached hydrogens (tertiary/aromatic N) is 1. The summed E-state index contributed by atoms with van der Waals surface area (Å²) in [6.45, 7) is 1.52. The molecule has 0 aliphatic carbocycles. The first-order valence-corrected chi connectivity index (χ1v) is 10.9. The highest BCUT2D eigenvalue weighted by molar-refractivity contribution is 7.90. The number of rotatable bonds is 6. The minimum absolute atomic E-state index is 0.0155. The monoisotopic (exact) mass is 431 g/mol. The van der Waals surface area contributed by atoms with E-state index in [0.717, 1.165) is 18.2 Å². The summed E-state index contributed by atoms with van der Waals surface area (Å²) in [5.74, 6) is -2.15. The van der Waals surface area contributed by atoms with E-state index in [2.05, 4.69) is 0 Å². The topological polar surface area (TPSA) is 73.2 Å². The zero-order chi connectivity index (χ0) is 22.1. The van der Waals surface area contributed by atoms with Crippen LogP contribution >= 0.6 is 0 Å². The lowest BCUT2D eigenvalue weighted by molar-refractivity contribution is 0.103. The van der Waals surface area contributed by atoms with Crippen molar-refractivity contribution in [1.82, 2.24) is 4.57 Å². The number of halogens is 2. The molecule has 1 aromatic heterocycles. The second kappa shape index (κ2) is 8.31. The van der Waals surface area contributed by atoms with Crippen LogP contribution in [0.4, 0.5) is 8.78 Å². The predicted molar refractivity (Wildman–Crippen MR) is 110 cm³/mol. The first-order chi connectivity index (χ1) is 14.1. The largest absolute Gasteiger partial charge is 0.318 e. The SMILES string of the molecule is CCS(=O)(=O)Cc1ccc(C(=O)c2ccc(F)cc2)c(-c2cn(C)c(=O)cc2F)c1. The lowest BCUT2D eigenvalue weighted by Crippen LogP contribution is -2.17. The number of ketones is 1. The fourth-order valence-electron chi connectivity index (χ4n) is 3.02. The van der Waals surface area contributed by atoms with Gasteiger partial charge in [-0.2, -0.15) is 0 Å². The fraction of sp³-hybridized carbons (Fsp3) is 0.182. The molecule has 2 aromatic carbocycles. The summed E-state index contributed by atoms with van der Waals surface area (Å²) in [4.78, 5) is 24.8. The highest BCUT2D eigenvalue weighted by Gasteiger charge is 2.20. The van der Waals surface area contributed by atoms with E-state index < -0.39 is 32.8 Å². The average Bonchev–Trinajstić information content (AvgIpc) is 2.70. The summed E-state index contributed by atoms with van der Waals surface area (Å²) in [7, 11) is -1.92. The summed E-state index contributed by atoms with van der Waals surface area (Å²) in [6.07, 6.45) is 1.26. The van der Waals surface area contributed by atoms with Gasteiger partial charge in [0.05, 0.1) is 5.75 Å². The molecule has 0 saturated heterocycles. The van der Waals surface area contributed by atoms with Crippen LogP contribution in [0.2, 0.25) is 0 Å². The molecule has 0 fully saturated rings. The molecule has 0 radical (unpaired) electrons. The van der Waals surface area contributed by atoms with Crippen molar-refractivity contribution in [1.29, 1.82) is 0 Å². The molecule has 156 valence electrons. The minimum Gasteiger partial charge on any atom is -0.318 e. The second-order valence-corrected chi connectivity index (χ2v) is 9.23. The molecule has 0 aliphatic heterocycles. The second-order valence-electron chi connectivity index (χ2n) is 6.88. The first kappa shape index (κ1) is 21.6. The molecule has 5 nitrogen and oxygen atoms in total. The van der Waals surface area contributed by atoms with Crippen LogP contribution < -0.4 is 5.56 Å². The molecule has 0 amide bonds. The Morgan fingerprint density at radius 1 is 1.00 bits per heavy atom. The van der Waals surface area contributed by atoms with Gasteiger partial charge in [-0.3, -0.25) is 9.59 Å². The van der Waals surface area contributed by atoms with Crippen molar-refractivity contribution in [2.45, 2.75) is 12.7 Å². The Morgan fingerprint density at radius 2 is 1.67 bits per heavy atom. The third-order valence-electron chi connectivity index (χ3n) is 4.73. The van der Waals surface area contributed by atoms with Crippen molar-refractivity contribution < 1.29 is 22.0 Å². The van der Waals surface area contributed by atoms with Crippen LogP contribution in [0.15, 0.2) is 59.5 Å². The Hall–Kier alpha value is -3.13. The van der Waals surface area contributed by atoms with Crippen LogP contribution in [0.5, 0.6) is 0 Å². The Labute approximate surface area is 172 Å². The van der Waals surface area contributed by atoms with E-state index in [1.807, 2.05) is 0 Å². The molecule has 1 heterocycles. The van der Waals surface area contributed by atoms with E-state index in [1.165, 1.54) is 55.1 Å². The number of pyridine rings is 1. The van der Waals surface area contributed by atoms with Gasteiger partial charge in [-0.1, -0.05) is 19.1 Å². The van der Waals surface area contributed by atoms with Crippen LogP contribution in [-0.4, -0.2) is 24.5 Å². The summed E-state index contributed by atoms with van der Waals surface area (Å²) in [5.41, 5.74) is 0.260. The number of sulfone groups is 1. The summed E-state index contributed by atoms with van der Waals surface area (Å²) >= 11 is 0. The van der Waals surface area contributed by atoms with E-state index in [-0.39, 0.29) is 33.8 Å². The number of carbonyl (C=O) groups is 1. The summed E-state index contributed by atoms with van der Waals surface area (Å²) in [6, 6.07) is 10.1. The number of aromatic nitrogens is 1. The quantitative estimate of drug-likeness (QED) is 0.560. The number of carbonyl (C=O) groups excluding carboxylic acids is 1. The zero-order valence-corrected chi connectivity index (χ0v) is 17.2. The van der Waals surface area contributed by atoms with Gasteiger partial charge in [0.2, 0.25) is 0 Å². The first-order valence-electron chi connectivity index (χ1n) is 9.11. The summed E-state index contributed by atoms with van der Waals surface area (Å²) in [5, 5.41) is 0. The van der Waals surface area contributed by atoms with Gasteiger partial charge in [0.1, 0.15) is 11.6 Å². The molecular formula is C22H19F2NO4S. The van der Waals surface area contributed by atoms with Gasteiger partial charge in [0.25, 0.3) is 5.56 Å². The molecule has 0 N–H and O–H groups in total. The molecule has 0 unspecified atom stereocenters. The Morgan fingerprint density at radius 3 is 2.30 bits per heavy atom. The van der Waals surface area contributed by atoms with Gasteiger partial charge in [-0.25, -0.2) is 17.2 Å². The van der Waals surface area contributed by atoms with Crippen LogP contribution in [-0.2, 0) is 22.6 Å². The maximum atomic E-state index is 14.7. The van der Waals surface area contributed by atoms with Crippen LogP contribution in [0.3, 0.4) is 0 Å². The lowest BCUT2D eigenvalue weighted by atomic mass is 9.93. The van der Waals surface area contributed by atoms with Gasteiger partial charge in [-0.15, -0.1) is 0 Å². The van der Waals surface area contributed by atoms with E-state index in [4.69, 9.17) is 0 Å². The highest BCUT2D eigenvalue weighted by atomic mass is 32.2. The van der Waals surface area contributed by atoms with E-state index in [0.29, 0.717) is 5.56 Å². The highest BCUT2D eigenvalue weighted by Crippen LogP contribution is 2.29. The smallest absolute Gasteiger partial charge is 0.253 e. The minimum atomic E-state index is -3.36. The van der Waals surface area contributed by atoms with E-state index >= 15 is 0 Å². The van der Waals surface area contributed by atoms with Gasteiger partial charge in [0.15, 0.2) is 15.6 Å². The third kappa shape index (κ3) is 4.54. The van der Waals surface area contributed by atoms with Crippen molar-refractivity contribution in [3.8, 4) is 11.1 Å². The maximum Gasteiger partial charge on any atom is 0.253 e. The average molecular weight is 431 g/mol. The molecule has 0 bridgehead atoms. The van der Waals surface area contributed by atoms with Crippen LogP contribution in [0.1, 0.15) is 28.4 Å². The van der Waals surface area contributed by atoms with Gasteiger partial charge < -0.3 is 4.57 Å². The molecule has 0 spiro atoms. The number of hydrogen-bond donors (Lipinski definition) is 0. The molecule has 0 atom stereocenters. The van der Waals surface area contributed by atoms with Crippen molar-refractivity contribution in [2.24, 2.45) is 7.05 Å². The molecule has 30 heavy (non-hydrogen) atoms. The maximum absolute atomic E-state index is 14.7. The normalized spacial score (nSPS) is 11.5. The lowest BCUT2D eigenvalue weighted by Gasteiger charge is -2.13. The number of benzene rings is 2. The van der Waals surface area contributed by atoms with Gasteiger partial charge >= 0.3 is 0 Å². The molecule has 0 saturated carbocycles. The Kier molecular flexibility index (Phi) is 5.98. The van der Waals surface area contributed by atoms with Crippen molar-refractivity contribution in [2.75, 3.05) is 5.75 Å². The van der Waals surface area contributed by atoms with E-state index in [1.54, 1.807) is 0 Å². The molecular weight excluding hydrogens is 412 g/mol. The van der Waals surface area contributed by atoms with Crippen LogP contribution in [0, 0.1) is 11.6 Å². The van der Waals surface area contributed by atoms with Crippen LogP contribution in [0.25, 0.3) is 11.1 Å².